The van der Waals surface area contributed by atoms with E-state index in [1.165, 1.54) is 18.3 Å². The molecule has 1 aromatic carbocycles. The molecule has 16 heavy (non-hydrogen) atoms. The molecule has 0 atom stereocenters. The van der Waals surface area contributed by atoms with Crippen LogP contribution in [0.15, 0.2) is 17.2 Å². The standard InChI is InChI=1S/C9H10ClN3O2S/c1-11-9(16)13-12-4-5-2-6(10)8(15)7(14)3-5/h2-4,14-15H,1H3,(H2,11,13,16)/b12-4+. The summed E-state index contributed by atoms with van der Waals surface area (Å²) in [4.78, 5) is 0. The average molecular weight is 260 g/mol. The Morgan fingerprint density at radius 3 is 2.75 bits per heavy atom. The molecule has 4 N–H and O–H groups in total. The van der Waals surface area contributed by atoms with Gasteiger partial charge in [-0.2, -0.15) is 5.10 Å². The Morgan fingerprint density at radius 2 is 2.19 bits per heavy atom. The van der Waals surface area contributed by atoms with Gasteiger partial charge in [-0.05, 0) is 29.9 Å². The number of rotatable bonds is 2. The summed E-state index contributed by atoms with van der Waals surface area (Å²) < 4.78 is 0. The molecule has 0 aliphatic heterocycles. The second-order valence-electron chi connectivity index (χ2n) is 2.82. The van der Waals surface area contributed by atoms with Gasteiger partial charge in [0.15, 0.2) is 16.6 Å². The van der Waals surface area contributed by atoms with Gasteiger partial charge in [0.1, 0.15) is 0 Å². The van der Waals surface area contributed by atoms with E-state index in [-0.39, 0.29) is 16.5 Å². The first kappa shape index (κ1) is 12.5. The fourth-order valence-corrected chi connectivity index (χ4v) is 1.18. The van der Waals surface area contributed by atoms with Gasteiger partial charge in [0.05, 0.1) is 11.2 Å². The summed E-state index contributed by atoms with van der Waals surface area (Å²) in [5.41, 5.74) is 3.07. The molecule has 7 heteroatoms. The lowest BCUT2D eigenvalue weighted by Crippen LogP contribution is -2.28. The third-order valence-electron chi connectivity index (χ3n) is 1.67. The second-order valence-corrected chi connectivity index (χ2v) is 3.64. The zero-order chi connectivity index (χ0) is 12.1. The third kappa shape index (κ3) is 3.25. The van der Waals surface area contributed by atoms with Crippen LogP contribution in [0, 0.1) is 0 Å². The van der Waals surface area contributed by atoms with Crippen LogP contribution in [-0.4, -0.2) is 28.6 Å². The van der Waals surface area contributed by atoms with Crippen LogP contribution < -0.4 is 10.7 Å². The topological polar surface area (TPSA) is 76.9 Å². The van der Waals surface area contributed by atoms with Crippen molar-refractivity contribution in [2.45, 2.75) is 0 Å². The maximum absolute atomic E-state index is 9.28. The van der Waals surface area contributed by atoms with Crippen molar-refractivity contribution in [3.63, 3.8) is 0 Å². The Balaban J connectivity index is 2.78. The lowest BCUT2D eigenvalue weighted by atomic mass is 10.2. The highest BCUT2D eigenvalue weighted by Gasteiger charge is 2.05. The van der Waals surface area contributed by atoms with Crippen LogP contribution in [0.1, 0.15) is 5.56 Å². The van der Waals surface area contributed by atoms with Gasteiger partial charge in [0, 0.05) is 7.05 Å². The Bertz CT molecular complexity index is 414. The minimum atomic E-state index is -0.350. The number of aromatic hydroxyl groups is 2. The van der Waals surface area contributed by atoms with Crippen LogP contribution in [-0.2, 0) is 0 Å². The second kappa shape index (κ2) is 5.53. The minimum Gasteiger partial charge on any atom is -0.504 e. The Morgan fingerprint density at radius 1 is 1.50 bits per heavy atom. The van der Waals surface area contributed by atoms with Crippen LogP contribution >= 0.6 is 23.8 Å². The molecule has 0 fully saturated rings. The maximum atomic E-state index is 9.28. The monoisotopic (exact) mass is 259 g/mol. The average Bonchev–Trinajstić information content (AvgIpc) is 2.25. The number of phenols is 2. The molecule has 0 aromatic heterocycles. The normalized spacial score (nSPS) is 10.4. The molecule has 0 bridgehead atoms. The highest BCUT2D eigenvalue weighted by Crippen LogP contribution is 2.33. The number of thiocarbonyl (C=S) groups is 1. The quantitative estimate of drug-likeness (QED) is 0.278. The molecule has 0 unspecified atom stereocenters. The molecular formula is C9H10ClN3O2S. The molecule has 0 saturated heterocycles. The van der Waals surface area contributed by atoms with E-state index < -0.39 is 0 Å². The van der Waals surface area contributed by atoms with E-state index in [1.54, 1.807) is 7.05 Å². The SMILES string of the molecule is CNC(=S)N/N=C/c1cc(O)c(O)c(Cl)c1. The number of hydrogen-bond donors (Lipinski definition) is 4. The Labute approximate surface area is 103 Å². The molecule has 5 nitrogen and oxygen atoms in total. The van der Waals surface area contributed by atoms with Crippen molar-refractivity contribution in [3.05, 3.63) is 22.7 Å². The number of nitrogens with one attached hydrogen (secondary N) is 2. The van der Waals surface area contributed by atoms with Gasteiger partial charge in [0.2, 0.25) is 0 Å². The summed E-state index contributed by atoms with van der Waals surface area (Å²) in [5, 5.41) is 25.4. The van der Waals surface area contributed by atoms with E-state index in [1.807, 2.05) is 0 Å². The van der Waals surface area contributed by atoms with Crippen LogP contribution in [0.2, 0.25) is 5.02 Å². The predicted octanol–water partition coefficient (Wildman–Crippen LogP) is 1.18. The van der Waals surface area contributed by atoms with Crippen molar-refractivity contribution in [2.75, 3.05) is 7.05 Å². The van der Waals surface area contributed by atoms with Crippen LogP contribution in [0.5, 0.6) is 11.5 Å². The molecule has 0 spiro atoms. The Hall–Kier alpha value is -1.53. The van der Waals surface area contributed by atoms with Crippen LogP contribution in [0.25, 0.3) is 0 Å². The number of nitrogens with zero attached hydrogens (tertiary/aromatic N) is 1. The molecule has 0 radical (unpaired) electrons. The first-order chi connectivity index (χ1) is 7.54. The summed E-state index contributed by atoms with van der Waals surface area (Å²) >= 11 is 10.4. The molecule has 0 saturated carbocycles. The van der Waals surface area contributed by atoms with E-state index in [0.717, 1.165) is 0 Å². The van der Waals surface area contributed by atoms with Gasteiger partial charge in [-0.1, -0.05) is 11.6 Å². The summed E-state index contributed by atoms with van der Waals surface area (Å²) in [5.74, 6) is -0.650. The first-order valence-electron chi connectivity index (χ1n) is 4.27. The molecule has 0 aliphatic carbocycles. The highest BCUT2D eigenvalue weighted by atomic mass is 35.5. The van der Waals surface area contributed by atoms with Gasteiger partial charge in [-0.15, -0.1) is 0 Å². The van der Waals surface area contributed by atoms with Crippen molar-refractivity contribution >= 4 is 35.1 Å². The number of halogens is 1. The first-order valence-corrected chi connectivity index (χ1v) is 5.05. The van der Waals surface area contributed by atoms with Gasteiger partial charge < -0.3 is 15.5 Å². The number of phenolic OH excluding ortho intramolecular Hbond substituents is 2. The largest absolute Gasteiger partial charge is 0.504 e. The van der Waals surface area contributed by atoms with Crippen molar-refractivity contribution < 1.29 is 10.2 Å². The van der Waals surface area contributed by atoms with Gasteiger partial charge in [-0.3, -0.25) is 5.43 Å². The molecular weight excluding hydrogens is 250 g/mol. The molecule has 86 valence electrons. The summed E-state index contributed by atoms with van der Waals surface area (Å²) in [6, 6.07) is 2.79. The third-order valence-corrected chi connectivity index (χ3v) is 2.26. The molecule has 0 aliphatic rings. The maximum Gasteiger partial charge on any atom is 0.186 e. The lowest BCUT2D eigenvalue weighted by Gasteiger charge is -2.02. The number of hydrogen-bond acceptors (Lipinski definition) is 4. The summed E-state index contributed by atoms with van der Waals surface area (Å²) in [6.45, 7) is 0. The highest BCUT2D eigenvalue weighted by molar-refractivity contribution is 7.80. The van der Waals surface area contributed by atoms with Gasteiger partial charge in [-0.25, -0.2) is 0 Å². The number of benzene rings is 1. The van der Waals surface area contributed by atoms with E-state index in [4.69, 9.17) is 23.8 Å². The smallest absolute Gasteiger partial charge is 0.186 e. The predicted molar refractivity (Wildman–Crippen MR) is 67.2 cm³/mol. The van der Waals surface area contributed by atoms with E-state index in [9.17, 15) is 10.2 Å². The fourth-order valence-electron chi connectivity index (χ4n) is 0.901. The van der Waals surface area contributed by atoms with E-state index in [2.05, 4.69) is 15.8 Å². The zero-order valence-electron chi connectivity index (χ0n) is 8.36. The Kier molecular flexibility index (Phi) is 4.33. The fraction of sp³-hybridized carbons (Fsp3) is 0.111. The van der Waals surface area contributed by atoms with Gasteiger partial charge >= 0.3 is 0 Å². The van der Waals surface area contributed by atoms with Crippen LogP contribution in [0.3, 0.4) is 0 Å². The van der Waals surface area contributed by atoms with E-state index >= 15 is 0 Å². The van der Waals surface area contributed by atoms with Crippen molar-refractivity contribution in [3.8, 4) is 11.5 Å². The van der Waals surface area contributed by atoms with Crippen LogP contribution in [0.4, 0.5) is 0 Å². The molecule has 0 heterocycles. The van der Waals surface area contributed by atoms with Crippen molar-refractivity contribution in [2.24, 2.45) is 5.10 Å². The molecule has 1 aromatic rings. The summed E-state index contributed by atoms with van der Waals surface area (Å²) in [6.07, 6.45) is 1.41. The summed E-state index contributed by atoms with van der Waals surface area (Å²) in [7, 11) is 1.66. The van der Waals surface area contributed by atoms with Gasteiger partial charge in [0.25, 0.3) is 0 Å². The van der Waals surface area contributed by atoms with Crippen molar-refractivity contribution in [1.29, 1.82) is 0 Å². The minimum absolute atomic E-state index is 0.0534. The number of hydrazone groups is 1. The van der Waals surface area contributed by atoms with Crippen molar-refractivity contribution in [1.82, 2.24) is 10.7 Å². The lowest BCUT2D eigenvalue weighted by molar-refractivity contribution is 0.404. The molecule has 1 rings (SSSR count). The molecule has 0 amide bonds. The van der Waals surface area contributed by atoms with E-state index in [0.29, 0.717) is 10.7 Å². The zero-order valence-corrected chi connectivity index (χ0v) is 9.93.